The van der Waals surface area contributed by atoms with Crippen LogP contribution >= 0.6 is 0 Å². The molecule has 1 rings (SSSR count). The molecule has 0 amide bonds. The fourth-order valence-corrected chi connectivity index (χ4v) is 7.44. The number of ether oxygens (including phenoxy) is 5. The first kappa shape index (κ1) is 67.9. The Labute approximate surface area is 451 Å². The van der Waals surface area contributed by atoms with Gasteiger partial charge in [0.1, 0.15) is 18.8 Å². The number of unbranched alkanes of at least 4 members (excludes halogenated alkanes) is 9. The zero-order valence-electron chi connectivity index (χ0n) is 46.0. The third-order valence-corrected chi connectivity index (χ3v) is 11.7. The van der Waals surface area contributed by atoms with E-state index in [4.69, 9.17) is 23.7 Å². The summed E-state index contributed by atoms with van der Waals surface area (Å²) >= 11 is 0. The third kappa shape index (κ3) is 39.9. The molecule has 75 heavy (non-hydrogen) atoms. The Hall–Kier alpha value is -5.14. The smallest absolute Gasteiger partial charge is 0.335 e. The highest BCUT2D eigenvalue weighted by atomic mass is 16.7. The summed E-state index contributed by atoms with van der Waals surface area (Å²) in [6.07, 6.45) is 57.3. The summed E-state index contributed by atoms with van der Waals surface area (Å²) in [4.78, 5) is 51.0. The number of aliphatic hydroxyl groups is 2. The maximum Gasteiger partial charge on any atom is 0.335 e. The highest BCUT2D eigenvalue weighted by Gasteiger charge is 2.50. The molecule has 0 aromatic rings. The number of hydrogen-bond acceptors (Lipinski definition) is 11. The summed E-state index contributed by atoms with van der Waals surface area (Å²) < 4.78 is 28.2. The topological polar surface area (TPSA) is 175 Å². The van der Waals surface area contributed by atoms with Gasteiger partial charge in [0.15, 0.2) is 24.6 Å². The first-order chi connectivity index (χ1) is 36.6. The Kier molecular flexibility index (Phi) is 45.0. The van der Waals surface area contributed by atoms with Gasteiger partial charge in [0, 0.05) is 19.3 Å². The lowest BCUT2D eigenvalue weighted by Gasteiger charge is -2.40. The summed E-state index contributed by atoms with van der Waals surface area (Å²) in [6, 6.07) is 0. The number of hydrogen-bond donors (Lipinski definition) is 3. The molecule has 1 fully saturated rings. The largest absolute Gasteiger partial charge is 0.479 e. The van der Waals surface area contributed by atoms with E-state index in [0.717, 1.165) is 96.3 Å². The van der Waals surface area contributed by atoms with Crippen molar-refractivity contribution in [2.75, 3.05) is 13.2 Å². The predicted octanol–water partition coefficient (Wildman–Crippen LogP) is 14.2. The Balaban J connectivity index is 2.80. The van der Waals surface area contributed by atoms with Crippen LogP contribution in [0.3, 0.4) is 0 Å². The Morgan fingerprint density at radius 3 is 1.37 bits per heavy atom. The van der Waals surface area contributed by atoms with Crippen molar-refractivity contribution in [3.05, 3.63) is 134 Å². The second kappa shape index (κ2) is 49.7. The minimum Gasteiger partial charge on any atom is -0.479 e. The molecule has 0 aromatic heterocycles. The highest BCUT2D eigenvalue weighted by Crippen LogP contribution is 2.26. The Morgan fingerprint density at radius 1 is 0.453 bits per heavy atom. The lowest BCUT2D eigenvalue weighted by Crippen LogP contribution is -2.61. The molecule has 0 spiro atoms. The van der Waals surface area contributed by atoms with Crippen LogP contribution in [0.5, 0.6) is 0 Å². The van der Waals surface area contributed by atoms with Crippen molar-refractivity contribution in [3.63, 3.8) is 0 Å². The van der Waals surface area contributed by atoms with Crippen LogP contribution in [0.2, 0.25) is 0 Å². The van der Waals surface area contributed by atoms with Gasteiger partial charge in [-0.25, -0.2) is 4.79 Å². The van der Waals surface area contributed by atoms with Gasteiger partial charge < -0.3 is 39.0 Å². The van der Waals surface area contributed by atoms with E-state index in [1.54, 1.807) is 0 Å². The summed E-state index contributed by atoms with van der Waals surface area (Å²) in [5.41, 5.74) is 0. The number of aliphatic hydroxyl groups excluding tert-OH is 2. The summed E-state index contributed by atoms with van der Waals surface area (Å²) in [5.74, 6) is -3.35. The van der Waals surface area contributed by atoms with E-state index < -0.39 is 67.3 Å². The van der Waals surface area contributed by atoms with Crippen molar-refractivity contribution in [2.45, 2.75) is 225 Å². The summed E-state index contributed by atoms with van der Waals surface area (Å²) in [5, 5.41) is 31.4. The Morgan fingerprint density at radius 2 is 0.880 bits per heavy atom. The summed E-state index contributed by atoms with van der Waals surface area (Å²) in [6.45, 7) is 5.59. The van der Waals surface area contributed by atoms with E-state index in [-0.39, 0.29) is 25.9 Å². The Bertz CT molecular complexity index is 1810. The molecule has 1 aliphatic rings. The van der Waals surface area contributed by atoms with Crippen LogP contribution in [0.15, 0.2) is 134 Å². The fourth-order valence-electron chi connectivity index (χ4n) is 7.44. The quantitative estimate of drug-likeness (QED) is 0.0228. The van der Waals surface area contributed by atoms with E-state index in [1.807, 2.05) is 30.4 Å². The second-order valence-electron chi connectivity index (χ2n) is 18.4. The number of aliphatic carboxylic acids is 1. The molecule has 1 aliphatic heterocycles. The maximum atomic E-state index is 13.1. The molecular formula is C63H96O12. The van der Waals surface area contributed by atoms with Crippen LogP contribution in [0, 0.1) is 0 Å². The number of esters is 3. The lowest BCUT2D eigenvalue weighted by molar-refractivity contribution is -0.301. The number of carbonyl (C=O) groups excluding carboxylic acids is 3. The molecule has 12 nitrogen and oxygen atoms in total. The van der Waals surface area contributed by atoms with Crippen molar-refractivity contribution in [2.24, 2.45) is 0 Å². The standard InChI is InChI=1S/C63H96O12/c1-4-7-10-13-16-19-22-25-27-28-30-32-34-37-40-43-46-49-55(64)71-52-54(73-56(65)50-47-44-41-38-35-31-24-21-18-15-12-9-6-3)53-72-63-61(59(68)58(67)60(75-63)62(69)70)74-57(66)51-48-45-42-39-36-33-29-26-23-20-17-14-11-8-5-2/h7,9-10,12,16-21,25-27,29-32,35,37,40-41,44,54,58-61,63,67-68H,4-6,8,11,13-15,22-24,28,33-34,36,38-39,42-43,45-53H2,1-3H3,(H,69,70)/b10-7-,12-9-,19-16-,20-17-,21-18-,27-25-,29-26-,32-30-,35-31-,40-37-,44-41-. The second-order valence-corrected chi connectivity index (χ2v) is 18.4. The van der Waals surface area contributed by atoms with E-state index in [2.05, 4.69) is 124 Å². The normalized spacial score (nSPS) is 19.2. The zero-order valence-corrected chi connectivity index (χ0v) is 46.0. The first-order valence-electron chi connectivity index (χ1n) is 28.2. The summed E-state index contributed by atoms with van der Waals surface area (Å²) in [7, 11) is 0. The molecule has 0 radical (unpaired) electrons. The molecule has 420 valence electrons. The van der Waals surface area contributed by atoms with Crippen LogP contribution < -0.4 is 0 Å². The van der Waals surface area contributed by atoms with E-state index >= 15 is 0 Å². The van der Waals surface area contributed by atoms with Crippen LogP contribution in [0.1, 0.15) is 188 Å². The van der Waals surface area contributed by atoms with Crippen LogP contribution in [-0.4, -0.2) is 89.2 Å². The fraction of sp³-hybridized carbons (Fsp3) is 0.587. The number of carboxylic acids is 1. The van der Waals surface area contributed by atoms with Gasteiger partial charge in [-0.2, -0.15) is 0 Å². The molecule has 1 heterocycles. The lowest BCUT2D eigenvalue weighted by atomic mass is 9.98. The van der Waals surface area contributed by atoms with Gasteiger partial charge in [0.05, 0.1) is 6.61 Å². The molecule has 12 heteroatoms. The molecule has 6 atom stereocenters. The number of allylic oxidation sites excluding steroid dienone is 22. The molecule has 3 N–H and O–H groups in total. The first-order valence-corrected chi connectivity index (χ1v) is 28.2. The molecule has 0 bridgehead atoms. The molecule has 1 saturated heterocycles. The third-order valence-electron chi connectivity index (χ3n) is 11.7. The van der Waals surface area contributed by atoms with Gasteiger partial charge in [-0.15, -0.1) is 0 Å². The SMILES string of the molecule is CC/C=C\C/C=C\C/C=C\C/C=C\C/C=C\CCCC(=O)OCC(COC1OC(C(=O)O)C(O)C(O)C1OC(=O)CCCCCCC/C=C\C/C=C\CCCCC)OC(=O)CC/C=C\C/C=C\C/C=C\C/C=C\CC. The predicted molar refractivity (Wildman–Crippen MR) is 303 cm³/mol. The monoisotopic (exact) mass is 1040 g/mol. The average molecular weight is 1050 g/mol. The maximum absolute atomic E-state index is 13.1. The van der Waals surface area contributed by atoms with Crippen molar-refractivity contribution in [1.82, 2.24) is 0 Å². The van der Waals surface area contributed by atoms with Crippen LogP contribution in [-0.2, 0) is 42.9 Å². The van der Waals surface area contributed by atoms with E-state index in [1.165, 1.54) is 19.3 Å². The number of carbonyl (C=O) groups is 4. The minimum atomic E-state index is -1.93. The zero-order chi connectivity index (χ0) is 54.7. The van der Waals surface area contributed by atoms with Crippen molar-refractivity contribution >= 4 is 23.9 Å². The van der Waals surface area contributed by atoms with Gasteiger partial charge in [-0.05, 0) is 116 Å². The minimum absolute atomic E-state index is 0.0201. The number of carboxylic acid groups (broad SMARTS) is 1. The van der Waals surface area contributed by atoms with Gasteiger partial charge in [-0.3, -0.25) is 14.4 Å². The number of rotatable bonds is 45. The van der Waals surface area contributed by atoms with E-state index in [0.29, 0.717) is 32.1 Å². The van der Waals surface area contributed by atoms with Gasteiger partial charge in [0.2, 0.25) is 0 Å². The van der Waals surface area contributed by atoms with Gasteiger partial charge in [0.25, 0.3) is 0 Å². The van der Waals surface area contributed by atoms with Crippen LogP contribution in [0.25, 0.3) is 0 Å². The highest BCUT2D eigenvalue weighted by molar-refractivity contribution is 5.74. The van der Waals surface area contributed by atoms with Gasteiger partial charge in [-0.1, -0.05) is 187 Å². The average Bonchev–Trinajstić information content (AvgIpc) is 3.39. The molecule has 0 aromatic carbocycles. The van der Waals surface area contributed by atoms with Crippen molar-refractivity contribution in [3.8, 4) is 0 Å². The molecular weight excluding hydrogens is 949 g/mol. The molecule has 0 aliphatic carbocycles. The van der Waals surface area contributed by atoms with E-state index in [9.17, 15) is 34.5 Å². The van der Waals surface area contributed by atoms with Gasteiger partial charge >= 0.3 is 23.9 Å². The van der Waals surface area contributed by atoms with Crippen molar-refractivity contribution < 1.29 is 58.2 Å². The van der Waals surface area contributed by atoms with Crippen molar-refractivity contribution in [1.29, 1.82) is 0 Å². The molecule has 6 unspecified atom stereocenters. The molecule has 0 saturated carbocycles. The van der Waals surface area contributed by atoms with Crippen LogP contribution in [0.4, 0.5) is 0 Å².